The van der Waals surface area contributed by atoms with Gasteiger partial charge in [-0.15, -0.1) is 0 Å². The number of hydrogen-bond acceptors (Lipinski definition) is 4. The third-order valence-corrected chi connectivity index (χ3v) is 4.21. The summed E-state index contributed by atoms with van der Waals surface area (Å²) in [5, 5.41) is 14.1. The van der Waals surface area contributed by atoms with Crippen LogP contribution in [0.25, 0.3) is 11.1 Å². The maximum atomic E-state index is 12.1. The first-order valence-electron chi connectivity index (χ1n) is 8.94. The van der Waals surface area contributed by atoms with Crippen LogP contribution in [-0.2, 0) is 4.79 Å². The summed E-state index contributed by atoms with van der Waals surface area (Å²) >= 11 is 0. The number of benzene rings is 3. The van der Waals surface area contributed by atoms with Gasteiger partial charge in [0.15, 0.2) is 6.61 Å². The van der Waals surface area contributed by atoms with E-state index in [9.17, 15) is 9.59 Å². The predicted octanol–water partition coefficient (Wildman–Crippen LogP) is 3.60. The fourth-order valence-electron chi connectivity index (χ4n) is 2.71. The van der Waals surface area contributed by atoms with E-state index in [1.165, 1.54) is 0 Å². The van der Waals surface area contributed by atoms with Gasteiger partial charge in [0.25, 0.3) is 11.8 Å². The van der Waals surface area contributed by atoms with Gasteiger partial charge >= 0.3 is 0 Å². The van der Waals surface area contributed by atoms with Gasteiger partial charge in [0, 0.05) is 18.3 Å². The van der Waals surface area contributed by atoms with Crippen molar-refractivity contribution in [2.24, 2.45) is 0 Å². The van der Waals surface area contributed by atoms with Gasteiger partial charge in [-0.1, -0.05) is 30.3 Å². The third kappa shape index (κ3) is 5.21. The monoisotopic (exact) mass is 385 g/mol. The van der Waals surface area contributed by atoms with Gasteiger partial charge in [0.05, 0.1) is 11.6 Å². The van der Waals surface area contributed by atoms with Crippen LogP contribution in [0.3, 0.4) is 0 Å². The molecule has 3 aromatic carbocycles. The number of carbonyl (C=O) groups is 2. The van der Waals surface area contributed by atoms with Crippen LogP contribution in [0.2, 0.25) is 0 Å². The number of nitrogens with zero attached hydrogens (tertiary/aromatic N) is 1. The molecule has 2 amide bonds. The van der Waals surface area contributed by atoms with Crippen molar-refractivity contribution in [1.82, 2.24) is 5.32 Å². The Hall–Kier alpha value is -4.11. The van der Waals surface area contributed by atoms with E-state index in [4.69, 9.17) is 10.00 Å². The quantitative estimate of drug-likeness (QED) is 0.678. The Morgan fingerprint density at radius 1 is 0.966 bits per heavy atom. The van der Waals surface area contributed by atoms with Crippen molar-refractivity contribution >= 4 is 17.5 Å². The first-order chi connectivity index (χ1) is 14.1. The molecule has 3 rings (SSSR count). The van der Waals surface area contributed by atoms with E-state index in [0.717, 1.165) is 11.1 Å². The van der Waals surface area contributed by atoms with Gasteiger partial charge in [-0.2, -0.15) is 5.26 Å². The zero-order chi connectivity index (χ0) is 20.6. The van der Waals surface area contributed by atoms with Crippen molar-refractivity contribution in [2.45, 2.75) is 0 Å². The molecule has 0 aliphatic heterocycles. The van der Waals surface area contributed by atoms with Crippen LogP contribution in [0, 0.1) is 11.3 Å². The van der Waals surface area contributed by atoms with Crippen LogP contribution in [-0.4, -0.2) is 25.5 Å². The molecule has 0 bridgehead atoms. The highest BCUT2D eigenvalue weighted by Crippen LogP contribution is 2.23. The molecular weight excluding hydrogens is 366 g/mol. The molecule has 0 aromatic heterocycles. The summed E-state index contributed by atoms with van der Waals surface area (Å²) in [6.07, 6.45) is 0. The fraction of sp³-hybridized carbons (Fsp3) is 0.0870. The topological polar surface area (TPSA) is 91.2 Å². The predicted molar refractivity (Wildman–Crippen MR) is 111 cm³/mol. The number of ether oxygens (including phenoxy) is 1. The van der Waals surface area contributed by atoms with Gasteiger partial charge in [-0.05, 0) is 53.6 Å². The zero-order valence-corrected chi connectivity index (χ0v) is 15.8. The van der Waals surface area contributed by atoms with Crippen LogP contribution in [0.4, 0.5) is 5.69 Å². The third-order valence-electron chi connectivity index (χ3n) is 4.21. The Labute approximate surface area is 168 Å². The summed E-state index contributed by atoms with van der Waals surface area (Å²) in [6, 6.07) is 23.4. The first-order valence-corrected chi connectivity index (χ1v) is 8.94. The second-order valence-corrected chi connectivity index (χ2v) is 6.21. The molecule has 0 saturated heterocycles. The van der Waals surface area contributed by atoms with E-state index in [0.29, 0.717) is 22.6 Å². The largest absolute Gasteiger partial charge is 0.484 e. The van der Waals surface area contributed by atoms with Crippen LogP contribution in [0.15, 0.2) is 72.8 Å². The highest BCUT2D eigenvalue weighted by molar-refractivity contribution is 5.97. The lowest BCUT2D eigenvalue weighted by molar-refractivity contribution is -0.118. The second kappa shape index (κ2) is 9.20. The summed E-state index contributed by atoms with van der Waals surface area (Å²) in [4.78, 5) is 23.8. The highest BCUT2D eigenvalue weighted by Gasteiger charge is 2.07. The molecule has 0 fully saturated rings. The van der Waals surface area contributed by atoms with E-state index in [2.05, 4.69) is 16.7 Å². The minimum atomic E-state index is -0.324. The number of anilines is 1. The number of amides is 2. The summed E-state index contributed by atoms with van der Waals surface area (Å²) < 4.78 is 5.53. The van der Waals surface area contributed by atoms with Crippen molar-refractivity contribution in [3.05, 3.63) is 83.9 Å². The molecule has 0 unspecified atom stereocenters. The lowest BCUT2D eigenvalue weighted by atomic mass is 10.0. The maximum absolute atomic E-state index is 12.1. The lowest BCUT2D eigenvalue weighted by Gasteiger charge is -2.09. The molecule has 3 aromatic rings. The minimum absolute atomic E-state index is 0.152. The van der Waals surface area contributed by atoms with Crippen molar-refractivity contribution in [3.8, 4) is 22.9 Å². The molecule has 0 aliphatic carbocycles. The second-order valence-electron chi connectivity index (χ2n) is 6.21. The van der Waals surface area contributed by atoms with E-state index in [1.807, 2.05) is 24.3 Å². The molecular formula is C23H19N3O3. The molecule has 0 heterocycles. The van der Waals surface area contributed by atoms with Crippen LogP contribution >= 0.6 is 0 Å². The molecule has 0 spiro atoms. The normalized spacial score (nSPS) is 9.93. The van der Waals surface area contributed by atoms with Gasteiger partial charge in [-0.25, -0.2) is 0 Å². The van der Waals surface area contributed by atoms with Gasteiger partial charge < -0.3 is 15.4 Å². The molecule has 0 saturated carbocycles. The van der Waals surface area contributed by atoms with Gasteiger partial charge in [0.2, 0.25) is 0 Å². The van der Waals surface area contributed by atoms with Gasteiger partial charge in [0.1, 0.15) is 5.75 Å². The SMILES string of the molecule is CNC(=O)c1cccc(NC(=O)COc2ccc(-c3ccc(C#N)cc3)cc2)c1. The van der Waals surface area contributed by atoms with Crippen molar-refractivity contribution in [2.75, 3.05) is 19.0 Å². The Morgan fingerprint density at radius 2 is 1.62 bits per heavy atom. The molecule has 2 N–H and O–H groups in total. The Kier molecular flexibility index (Phi) is 6.23. The standard InChI is InChI=1S/C23H19N3O3/c1-25-23(28)19-3-2-4-20(13-19)26-22(27)15-29-21-11-9-18(10-12-21)17-7-5-16(14-24)6-8-17/h2-13H,15H2,1H3,(H,25,28)(H,26,27). The van der Waals surface area contributed by atoms with E-state index >= 15 is 0 Å². The first kappa shape index (κ1) is 19.6. The van der Waals surface area contributed by atoms with Crippen molar-refractivity contribution in [1.29, 1.82) is 5.26 Å². The summed E-state index contributed by atoms with van der Waals surface area (Å²) in [6.45, 7) is -0.152. The summed E-state index contributed by atoms with van der Waals surface area (Å²) in [5.41, 5.74) is 3.57. The Morgan fingerprint density at radius 3 is 2.24 bits per heavy atom. The molecule has 144 valence electrons. The van der Waals surface area contributed by atoms with E-state index < -0.39 is 0 Å². The lowest BCUT2D eigenvalue weighted by Crippen LogP contribution is -2.21. The molecule has 6 heteroatoms. The highest BCUT2D eigenvalue weighted by atomic mass is 16.5. The number of hydrogen-bond donors (Lipinski definition) is 2. The van der Waals surface area contributed by atoms with Crippen LogP contribution in [0.5, 0.6) is 5.75 Å². The summed E-state index contributed by atoms with van der Waals surface area (Å²) in [5.74, 6) is 0.0200. The average Bonchev–Trinajstić information content (AvgIpc) is 2.77. The molecule has 6 nitrogen and oxygen atoms in total. The molecule has 0 atom stereocenters. The zero-order valence-electron chi connectivity index (χ0n) is 15.8. The van der Waals surface area contributed by atoms with Crippen LogP contribution in [0.1, 0.15) is 15.9 Å². The number of rotatable bonds is 6. The van der Waals surface area contributed by atoms with Crippen molar-refractivity contribution < 1.29 is 14.3 Å². The average molecular weight is 385 g/mol. The maximum Gasteiger partial charge on any atom is 0.262 e. The Balaban J connectivity index is 1.56. The number of nitriles is 1. The molecule has 0 radical (unpaired) electrons. The smallest absolute Gasteiger partial charge is 0.262 e. The summed E-state index contributed by atoms with van der Waals surface area (Å²) in [7, 11) is 1.55. The number of carbonyl (C=O) groups excluding carboxylic acids is 2. The van der Waals surface area contributed by atoms with Crippen LogP contribution < -0.4 is 15.4 Å². The van der Waals surface area contributed by atoms with E-state index in [-0.39, 0.29) is 18.4 Å². The molecule has 0 aliphatic rings. The Bertz CT molecular complexity index is 1050. The van der Waals surface area contributed by atoms with Crippen molar-refractivity contribution in [3.63, 3.8) is 0 Å². The number of nitrogens with one attached hydrogen (secondary N) is 2. The molecule has 29 heavy (non-hydrogen) atoms. The van der Waals surface area contributed by atoms with E-state index in [1.54, 1.807) is 55.6 Å². The fourth-order valence-corrected chi connectivity index (χ4v) is 2.71. The van der Waals surface area contributed by atoms with Gasteiger partial charge in [-0.3, -0.25) is 9.59 Å². The minimum Gasteiger partial charge on any atom is -0.484 e.